The van der Waals surface area contributed by atoms with Crippen molar-refractivity contribution in [2.45, 2.75) is 12.2 Å². The van der Waals surface area contributed by atoms with E-state index in [1.807, 2.05) is 65.7 Å². The number of ether oxygens (including phenoxy) is 1. The van der Waals surface area contributed by atoms with Gasteiger partial charge in [-0.2, -0.15) is 0 Å². The van der Waals surface area contributed by atoms with Crippen LogP contribution < -0.4 is 15.4 Å². The zero-order valence-electron chi connectivity index (χ0n) is 18.1. The molecule has 2 atom stereocenters. The van der Waals surface area contributed by atoms with Crippen molar-refractivity contribution in [1.29, 1.82) is 0 Å². The standard InChI is InChI=1S/C23H22N6O4/c1-26-20-19(21(31)28(23(26)32)13-18(24)30)27-12-17(14-6-4-3-5-7-14)29(22(27)25-20)15-8-10-16(33-2)11-9-15/h3-12,19-20H,13H2,1-2H3,(H2,24,30). The van der Waals surface area contributed by atoms with Crippen LogP contribution in [0.2, 0.25) is 0 Å². The van der Waals surface area contributed by atoms with Crippen molar-refractivity contribution >= 4 is 35.2 Å². The molecule has 2 unspecified atom stereocenters. The van der Waals surface area contributed by atoms with Crippen LogP contribution in [-0.2, 0) is 9.59 Å². The van der Waals surface area contributed by atoms with E-state index in [4.69, 9.17) is 15.5 Å². The number of amides is 4. The highest BCUT2D eigenvalue weighted by atomic mass is 16.5. The van der Waals surface area contributed by atoms with Gasteiger partial charge in [0.15, 0.2) is 12.2 Å². The molecule has 168 valence electrons. The highest BCUT2D eigenvalue weighted by molar-refractivity contribution is 6.16. The van der Waals surface area contributed by atoms with Gasteiger partial charge in [-0.25, -0.2) is 9.79 Å². The van der Waals surface area contributed by atoms with Gasteiger partial charge < -0.3 is 15.4 Å². The first-order chi connectivity index (χ1) is 15.9. The Kier molecular flexibility index (Phi) is 4.77. The smallest absolute Gasteiger partial charge is 0.328 e. The minimum atomic E-state index is -0.802. The number of aliphatic imine (C=N–C) groups is 1. The second kappa shape index (κ2) is 7.66. The molecule has 0 saturated carbocycles. The Morgan fingerprint density at radius 3 is 2.42 bits per heavy atom. The molecule has 0 radical (unpaired) electrons. The van der Waals surface area contributed by atoms with Crippen molar-refractivity contribution in [2.24, 2.45) is 10.7 Å². The predicted octanol–water partition coefficient (Wildman–Crippen LogP) is 1.26. The molecule has 1 saturated heterocycles. The number of hydrogen-bond acceptors (Lipinski definition) is 7. The van der Waals surface area contributed by atoms with Gasteiger partial charge in [-0.05, 0) is 24.3 Å². The van der Waals surface area contributed by atoms with Crippen LogP contribution in [0.4, 0.5) is 10.5 Å². The molecule has 0 bridgehead atoms. The number of urea groups is 1. The highest BCUT2D eigenvalue weighted by Crippen LogP contribution is 2.40. The first kappa shape index (κ1) is 20.6. The maximum absolute atomic E-state index is 13.3. The molecule has 0 spiro atoms. The molecule has 0 aromatic heterocycles. The van der Waals surface area contributed by atoms with Gasteiger partial charge >= 0.3 is 6.03 Å². The lowest BCUT2D eigenvalue weighted by Gasteiger charge is -2.39. The van der Waals surface area contributed by atoms with E-state index in [2.05, 4.69) is 0 Å². The van der Waals surface area contributed by atoms with Crippen LogP contribution in [0.15, 0.2) is 65.8 Å². The molecule has 3 aliphatic heterocycles. The van der Waals surface area contributed by atoms with Crippen LogP contribution in [0.25, 0.3) is 5.70 Å². The van der Waals surface area contributed by atoms with Crippen LogP contribution in [-0.4, -0.2) is 71.4 Å². The van der Waals surface area contributed by atoms with Gasteiger partial charge in [0.25, 0.3) is 5.91 Å². The van der Waals surface area contributed by atoms with E-state index in [1.54, 1.807) is 19.1 Å². The molecule has 5 rings (SSSR count). The second-order valence-corrected chi connectivity index (χ2v) is 7.89. The molecule has 10 nitrogen and oxygen atoms in total. The summed E-state index contributed by atoms with van der Waals surface area (Å²) in [5.41, 5.74) is 7.86. The fourth-order valence-corrected chi connectivity index (χ4v) is 4.33. The van der Waals surface area contributed by atoms with Gasteiger partial charge in [-0.15, -0.1) is 0 Å². The van der Waals surface area contributed by atoms with Crippen molar-refractivity contribution < 1.29 is 19.1 Å². The zero-order valence-corrected chi connectivity index (χ0v) is 18.1. The van der Waals surface area contributed by atoms with Crippen LogP contribution in [0.3, 0.4) is 0 Å². The molecule has 3 aliphatic rings. The number of fused-ring (bicyclic) bond motifs is 3. The van der Waals surface area contributed by atoms with E-state index in [9.17, 15) is 14.4 Å². The Hall–Kier alpha value is -4.34. The van der Waals surface area contributed by atoms with Crippen molar-refractivity contribution in [3.63, 3.8) is 0 Å². The first-order valence-corrected chi connectivity index (χ1v) is 10.3. The van der Waals surface area contributed by atoms with Crippen molar-refractivity contribution in [3.05, 3.63) is 66.4 Å². The zero-order chi connectivity index (χ0) is 23.3. The lowest BCUT2D eigenvalue weighted by Crippen LogP contribution is -2.65. The summed E-state index contributed by atoms with van der Waals surface area (Å²) >= 11 is 0. The molecule has 1 fully saturated rings. The molecular weight excluding hydrogens is 424 g/mol. The average Bonchev–Trinajstić information content (AvgIpc) is 3.37. The highest BCUT2D eigenvalue weighted by Gasteiger charge is 2.55. The average molecular weight is 446 g/mol. The van der Waals surface area contributed by atoms with Crippen LogP contribution in [0.1, 0.15) is 5.56 Å². The Balaban J connectivity index is 1.60. The fraction of sp³-hybridized carbons (Fsp3) is 0.217. The SMILES string of the molecule is COc1ccc(N2C(c3ccccc3)=CN3C2=NC2C3C(=O)N(CC(N)=O)C(=O)N2C)cc1. The molecular formula is C23H22N6O4. The maximum atomic E-state index is 13.3. The summed E-state index contributed by atoms with van der Waals surface area (Å²) in [5, 5.41) is 0. The van der Waals surface area contributed by atoms with Crippen molar-refractivity contribution in [2.75, 3.05) is 25.6 Å². The number of likely N-dealkylation sites (N-methyl/N-ethyl adjacent to an activating group) is 1. The summed E-state index contributed by atoms with van der Waals surface area (Å²) in [6.07, 6.45) is 1.13. The van der Waals surface area contributed by atoms with E-state index in [0.717, 1.165) is 21.8 Å². The normalized spacial score (nSPS) is 21.6. The number of rotatable bonds is 5. The number of hydrogen-bond donors (Lipinski definition) is 1. The predicted molar refractivity (Wildman–Crippen MR) is 121 cm³/mol. The molecule has 4 amide bonds. The summed E-state index contributed by atoms with van der Waals surface area (Å²) in [6.45, 7) is -0.480. The number of carbonyl (C=O) groups is 3. The number of carbonyl (C=O) groups excluding carboxylic acids is 3. The van der Waals surface area contributed by atoms with E-state index < -0.39 is 36.6 Å². The summed E-state index contributed by atoms with van der Waals surface area (Å²) in [5.74, 6) is -0.0435. The van der Waals surface area contributed by atoms with Crippen LogP contribution in [0, 0.1) is 0 Å². The third-order valence-electron chi connectivity index (χ3n) is 5.93. The van der Waals surface area contributed by atoms with Gasteiger partial charge in [0.2, 0.25) is 11.9 Å². The lowest BCUT2D eigenvalue weighted by atomic mass is 10.1. The van der Waals surface area contributed by atoms with Crippen molar-refractivity contribution in [1.82, 2.24) is 14.7 Å². The third-order valence-corrected chi connectivity index (χ3v) is 5.93. The van der Waals surface area contributed by atoms with Gasteiger partial charge in [0.05, 0.1) is 12.8 Å². The summed E-state index contributed by atoms with van der Waals surface area (Å²) in [7, 11) is 3.16. The quantitative estimate of drug-likeness (QED) is 0.740. The van der Waals surface area contributed by atoms with Gasteiger partial charge in [0, 0.05) is 24.5 Å². The van der Waals surface area contributed by atoms with E-state index in [-0.39, 0.29) is 0 Å². The topological polar surface area (TPSA) is 112 Å². The molecule has 10 heteroatoms. The number of nitrogens with zero attached hydrogens (tertiary/aromatic N) is 5. The number of anilines is 1. The summed E-state index contributed by atoms with van der Waals surface area (Å²) in [6, 6.07) is 15.8. The number of benzene rings is 2. The first-order valence-electron chi connectivity index (χ1n) is 10.3. The number of nitrogens with two attached hydrogens (primary N) is 1. The Morgan fingerprint density at radius 1 is 1.09 bits per heavy atom. The van der Waals surface area contributed by atoms with E-state index in [1.165, 1.54) is 4.90 Å². The van der Waals surface area contributed by atoms with E-state index >= 15 is 0 Å². The largest absolute Gasteiger partial charge is 0.497 e. The third kappa shape index (κ3) is 3.18. The fourth-order valence-electron chi connectivity index (χ4n) is 4.33. The molecule has 3 heterocycles. The monoisotopic (exact) mass is 446 g/mol. The number of guanidine groups is 1. The van der Waals surface area contributed by atoms with Crippen LogP contribution in [0.5, 0.6) is 5.75 Å². The number of primary amides is 1. The number of methoxy groups -OCH3 is 1. The lowest BCUT2D eigenvalue weighted by molar-refractivity contribution is -0.139. The minimum absolute atomic E-state index is 0.480. The Labute approximate surface area is 190 Å². The molecule has 2 aromatic rings. The molecule has 33 heavy (non-hydrogen) atoms. The maximum Gasteiger partial charge on any atom is 0.328 e. The van der Waals surface area contributed by atoms with Gasteiger partial charge in [0.1, 0.15) is 12.3 Å². The summed E-state index contributed by atoms with van der Waals surface area (Å²) in [4.78, 5) is 48.3. The number of imide groups is 1. The Bertz CT molecular complexity index is 1190. The van der Waals surface area contributed by atoms with Gasteiger partial charge in [-0.3, -0.25) is 24.3 Å². The molecule has 2 aromatic carbocycles. The second-order valence-electron chi connectivity index (χ2n) is 7.89. The Morgan fingerprint density at radius 2 is 1.79 bits per heavy atom. The summed E-state index contributed by atoms with van der Waals surface area (Å²) < 4.78 is 5.28. The molecule has 2 N–H and O–H groups in total. The molecule has 0 aliphatic carbocycles. The minimum Gasteiger partial charge on any atom is -0.497 e. The van der Waals surface area contributed by atoms with Gasteiger partial charge in [-0.1, -0.05) is 30.3 Å². The van der Waals surface area contributed by atoms with Crippen molar-refractivity contribution in [3.8, 4) is 5.75 Å². The van der Waals surface area contributed by atoms with Crippen LogP contribution >= 0.6 is 0 Å². The van der Waals surface area contributed by atoms with E-state index in [0.29, 0.717) is 11.7 Å².